The number of fused-ring (bicyclic) bond motifs is 1. The van der Waals surface area contributed by atoms with Crippen molar-refractivity contribution < 1.29 is 14.3 Å². The Labute approximate surface area is 172 Å². The van der Waals surface area contributed by atoms with Gasteiger partial charge in [-0.2, -0.15) is 0 Å². The van der Waals surface area contributed by atoms with E-state index < -0.39 is 18.2 Å². The summed E-state index contributed by atoms with van der Waals surface area (Å²) in [7, 11) is 0. The highest BCUT2D eigenvalue weighted by Crippen LogP contribution is 2.39. The number of pyridine rings is 1. The standard InChI is InChI=1S/C24H17ClFNO2/c1-14-6-8-15(9-7-14)24-19(13-22(28)29)23(17-4-2-3-5-20(17)26)18-12-16(25)10-11-21(18)27-24/h2-12H,13H2,1H3,(H,28,29)/p-1. The summed E-state index contributed by atoms with van der Waals surface area (Å²) in [4.78, 5) is 16.3. The van der Waals surface area contributed by atoms with E-state index in [-0.39, 0.29) is 0 Å². The van der Waals surface area contributed by atoms with Gasteiger partial charge in [-0.25, -0.2) is 9.37 Å². The van der Waals surface area contributed by atoms with E-state index in [4.69, 9.17) is 16.6 Å². The SMILES string of the molecule is Cc1ccc(-c2nc3ccc(Cl)cc3c(-c3ccccc3F)c2CC(=O)[O-])cc1. The number of carbonyl (C=O) groups excluding carboxylic acids is 1. The molecule has 4 rings (SSSR count). The molecule has 0 saturated carbocycles. The number of aryl methyl sites for hydroxylation is 1. The van der Waals surface area contributed by atoms with Gasteiger partial charge in [-0.3, -0.25) is 0 Å². The van der Waals surface area contributed by atoms with Crippen LogP contribution in [-0.4, -0.2) is 11.0 Å². The van der Waals surface area contributed by atoms with Gasteiger partial charge in [-0.1, -0.05) is 59.6 Å². The monoisotopic (exact) mass is 404 g/mol. The van der Waals surface area contributed by atoms with Crippen molar-refractivity contribution in [2.45, 2.75) is 13.3 Å². The molecule has 0 aliphatic heterocycles. The first kappa shape index (κ1) is 19.1. The van der Waals surface area contributed by atoms with Crippen molar-refractivity contribution in [1.82, 2.24) is 4.98 Å². The Hall–Kier alpha value is -3.24. The zero-order valence-electron chi connectivity index (χ0n) is 15.6. The molecule has 0 saturated heterocycles. The fourth-order valence-electron chi connectivity index (χ4n) is 3.51. The molecule has 0 aliphatic rings. The molecule has 5 heteroatoms. The average Bonchev–Trinajstić information content (AvgIpc) is 2.69. The fourth-order valence-corrected chi connectivity index (χ4v) is 3.69. The molecular formula is C24H16ClFNO2-. The molecule has 1 heterocycles. The van der Waals surface area contributed by atoms with Crippen molar-refractivity contribution in [1.29, 1.82) is 0 Å². The Bertz CT molecular complexity index is 1240. The number of rotatable bonds is 4. The van der Waals surface area contributed by atoms with Crippen LogP contribution in [0.3, 0.4) is 0 Å². The summed E-state index contributed by atoms with van der Waals surface area (Å²) in [6, 6.07) is 19.0. The third kappa shape index (κ3) is 3.71. The molecule has 144 valence electrons. The minimum absolute atomic E-state index is 0.298. The number of aliphatic carboxylic acids is 1. The van der Waals surface area contributed by atoms with E-state index in [9.17, 15) is 14.3 Å². The fraction of sp³-hybridized carbons (Fsp3) is 0.0833. The van der Waals surface area contributed by atoms with Gasteiger partial charge in [0.15, 0.2) is 0 Å². The van der Waals surface area contributed by atoms with Crippen LogP contribution in [0, 0.1) is 12.7 Å². The van der Waals surface area contributed by atoms with E-state index in [0.717, 1.165) is 11.1 Å². The van der Waals surface area contributed by atoms with Crippen LogP contribution >= 0.6 is 11.6 Å². The van der Waals surface area contributed by atoms with E-state index >= 15 is 0 Å². The van der Waals surface area contributed by atoms with Crippen LogP contribution in [0.15, 0.2) is 66.7 Å². The van der Waals surface area contributed by atoms with Crippen LogP contribution < -0.4 is 5.11 Å². The van der Waals surface area contributed by atoms with Crippen molar-refractivity contribution in [3.05, 3.63) is 88.7 Å². The number of hydrogen-bond acceptors (Lipinski definition) is 3. The first-order chi connectivity index (χ1) is 13.9. The highest BCUT2D eigenvalue weighted by Gasteiger charge is 2.20. The minimum atomic E-state index is -1.26. The van der Waals surface area contributed by atoms with Gasteiger partial charge >= 0.3 is 0 Å². The number of carbonyl (C=O) groups is 1. The first-order valence-electron chi connectivity index (χ1n) is 9.08. The van der Waals surface area contributed by atoms with E-state index in [1.807, 2.05) is 31.2 Å². The molecule has 0 aliphatic carbocycles. The zero-order chi connectivity index (χ0) is 20.5. The Kier molecular flexibility index (Phi) is 5.03. The molecule has 0 unspecified atom stereocenters. The number of aromatic nitrogens is 1. The number of nitrogens with zero attached hydrogens (tertiary/aromatic N) is 1. The lowest BCUT2D eigenvalue weighted by atomic mass is 9.90. The number of halogens is 2. The normalized spacial score (nSPS) is 11.0. The van der Waals surface area contributed by atoms with Crippen LogP contribution in [0.1, 0.15) is 11.1 Å². The second-order valence-electron chi connectivity index (χ2n) is 6.87. The highest BCUT2D eigenvalue weighted by molar-refractivity contribution is 6.31. The maximum absolute atomic E-state index is 14.8. The summed E-state index contributed by atoms with van der Waals surface area (Å²) in [5.74, 6) is -1.71. The maximum atomic E-state index is 14.8. The van der Waals surface area contributed by atoms with Crippen LogP contribution in [0.5, 0.6) is 0 Å². The minimum Gasteiger partial charge on any atom is -0.550 e. The van der Waals surface area contributed by atoms with Gasteiger partial charge in [0.1, 0.15) is 5.82 Å². The summed E-state index contributed by atoms with van der Waals surface area (Å²) < 4.78 is 14.8. The predicted molar refractivity (Wildman–Crippen MR) is 111 cm³/mol. The molecule has 0 bridgehead atoms. The Morgan fingerprint density at radius 2 is 1.79 bits per heavy atom. The summed E-state index contributed by atoms with van der Waals surface area (Å²) in [5, 5.41) is 12.7. The van der Waals surface area contributed by atoms with Crippen LogP contribution in [0.2, 0.25) is 5.02 Å². The Morgan fingerprint density at radius 1 is 1.07 bits per heavy atom. The molecule has 0 N–H and O–H groups in total. The lowest BCUT2D eigenvalue weighted by Crippen LogP contribution is -2.25. The van der Waals surface area contributed by atoms with Crippen molar-refractivity contribution in [2.24, 2.45) is 0 Å². The van der Waals surface area contributed by atoms with Crippen molar-refractivity contribution >= 4 is 28.5 Å². The van der Waals surface area contributed by atoms with Gasteiger partial charge in [0.25, 0.3) is 0 Å². The van der Waals surface area contributed by atoms with Gasteiger partial charge in [-0.05, 0) is 42.3 Å². The number of carboxylic acids is 1. The van der Waals surface area contributed by atoms with Gasteiger partial charge in [-0.15, -0.1) is 0 Å². The topological polar surface area (TPSA) is 53.0 Å². The maximum Gasteiger partial charge on any atom is 0.131 e. The summed E-state index contributed by atoms with van der Waals surface area (Å²) in [5.41, 5.74) is 4.07. The van der Waals surface area contributed by atoms with Crippen LogP contribution in [0.4, 0.5) is 4.39 Å². The molecule has 4 aromatic rings. The quantitative estimate of drug-likeness (QED) is 0.483. The molecule has 3 aromatic carbocycles. The van der Waals surface area contributed by atoms with Gasteiger partial charge in [0.2, 0.25) is 0 Å². The predicted octanol–water partition coefficient (Wildman–Crippen LogP) is 4.96. The van der Waals surface area contributed by atoms with Crippen LogP contribution in [0.25, 0.3) is 33.3 Å². The molecule has 0 fully saturated rings. The largest absolute Gasteiger partial charge is 0.550 e. The molecular weight excluding hydrogens is 389 g/mol. The van der Waals surface area contributed by atoms with Gasteiger partial charge in [0.05, 0.1) is 11.2 Å². The molecule has 0 atom stereocenters. The second kappa shape index (κ2) is 7.64. The summed E-state index contributed by atoms with van der Waals surface area (Å²) in [6.07, 6.45) is -0.400. The molecule has 29 heavy (non-hydrogen) atoms. The van der Waals surface area contributed by atoms with E-state index in [2.05, 4.69) is 0 Å². The summed E-state index contributed by atoms with van der Waals surface area (Å²) in [6.45, 7) is 1.96. The molecule has 0 spiro atoms. The molecule has 0 amide bonds. The highest BCUT2D eigenvalue weighted by atomic mass is 35.5. The Morgan fingerprint density at radius 3 is 2.48 bits per heavy atom. The second-order valence-corrected chi connectivity index (χ2v) is 7.31. The van der Waals surface area contributed by atoms with Crippen molar-refractivity contribution in [3.63, 3.8) is 0 Å². The number of carboxylic acid groups (broad SMARTS) is 1. The smallest absolute Gasteiger partial charge is 0.131 e. The van der Waals surface area contributed by atoms with E-state index in [0.29, 0.717) is 38.3 Å². The van der Waals surface area contributed by atoms with Crippen molar-refractivity contribution in [3.8, 4) is 22.4 Å². The van der Waals surface area contributed by atoms with Gasteiger partial charge in [0, 0.05) is 33.9 Å². The lowest BCUT2D eigenvalue weighted by Gasteiger charge is -2.19. The third-order valence-corrected chi connectivity index (χ3v) is 5.07. The average molecular weight is 405 g/mol. The van der Waals surface area contributed by atoms with Crippen LogP contribution in [-0.2, 0) is 11.2 Å². The number of hydrogen-bond donors (Lipinski definition) is 0. The van der Waals surface area contributed by atoms with E-state index in [1.54, 1.807) is 36.4 Å². The zero-order valence-corrected chi connectivity index (χ0v) is 16.3. The summed E-state index contributed by atoms with van der Waals surface area (Å²) >= 11 is 6.20. The first-order valence-corrected chi connectivity index (χ1v) is 9.46. The Balaban J connectivity index is 2.16. The van der Waals surface area contributed by atoms with Crippen molar-refractivity contribution in [2.75, 3.05) is 0 Å². The third-order valence-electron chi connectivity index (χ3n) is 4.84. The lowest BCUT2D eigenvalue weighted by molar-refractivity contribution is -0.304. The molecule has 3 nitrogen and oxygen atoms in total. The van der Waals surface area contributed by atoms with E-state index in [1.165, 1.54) is 6.07 Å². The number of benzene rings is 3. The molecule has 0 radical (unpaired) electrons. The molecule has 1 aromatic heterocycles. The van der Waals surface area contributed by atoms with Gasteiger partial charge < -0.3 is 9.90 Å².